The van der Waals surface area contributed by atoms with Crippen molar-refractivity contribution in [3.8, 4) is 5.75 Å². The first-order valence-electron chi connectivity index (χ1n) is 10.1. The fourth-order valence-electron chi connectivity index (χ4n) is 2.84. The molecule has 3 nitrogen and oxygen atoms in total. The molecule has 0 aliphatic carbocycles. The van der Waals surface area contributed by atoms with Crippen molar-refractivity contribution < 1.29 is 9.16 Å². The summed E-state index contributed by atoms with van der Waals surface area (Å²) in [5, 5.41) is 0.162. The Morgan fingerprint density at radius 1 is 1.07 bits per heavy atom. The lowest BCUT2D eigenvalue weighted by Crippen LogP contribution is -2.48. The summed E-state index contributed by atoms with van der Waals surface area (Å²) in [5.74, 6) is 0.889. The summed E-state index contributed by atoms with van der Waals surface area (Å²) in [6, 6.07) is 12.2. The van der Waals surface area contributed by atoms with Gasteiger partial charge in [-0.3, -0.25) is 4.98 Å². The third kappa shape index (κ3) is 6.71. The minimum atomic E-state index is -1.91. The Morgan fingerprint density at radius 3 is 2.29 bits per heavy atom. The van der Waals surface area contributed by atoms with Gasteiger partial charge in [-0.1, -0.05) is 49.7 Å². The maximum atomic E-state index is 6.86. The Hall–Kier alpha value is -1.17. The highest BCUT2D eigenvalue weighted by Gasteiger charge is 2.40. The van der Waals surface area contributed by atoms with Gasteiger partial charge in [-0.25, -0.2) is 0 Å². The molecule has 5 heteroatoms. The first-order valence-corrected chi connectivity index (χ1v) is 13.8. The summed E-state index contributed by atoms with van der Waals surface area (Å²) in [5.41, 5.74) is 1.24. The second-order valence-electron chi connectivity index (χ2n) is 8.84. The lowest BCUT2D eigenvalue weighted by Gasteiger charge is -2.41. The molecule has 0 radical (unpaired) electrons. The van der Waals surface area contributed by atoms with E-state index in [0.717, 1.165) is 29.5 Å². The minimum absolute atomic E-state index is 0.0203. The predicted octanol–water partition coefficient (Wildman–Crippen LogP) is 7.02. The monoisotopic (exact) mass is 463 g/mol. The third-order valence-corrected chi connectivity index (χ3v) is 10.6. The van der Waals surface area contributed by atoms with Crippen LogP contribution in [0, 0.1) is 0 Å². The number of aromatic nitrogens is 1. The molecule has 2 atom stereocenters. The normalized spacial score (nSPS) is 14.5. The molecule has 154 valence electrons. The van der Waals surface area contributed by atoms with Crippen molar-refractivity contribution in [3.63, 3.8) is 0 Å². The number of halogens is 1. The molecule has 1 heterocycles. The van der Waals surface area contributed by atoms with E-state index in [2.05, 4.69) is 67.8 Å². The molecular weight excluding hydrogens is 430 g/mol. The lowest BCUT2D eigenvalue weighted by atomic mass is 10.0. The Labute approximate surface area is 180 Å². The highest BCUT2D eigenvalue weighted by molar-refractivity contribution is 9.10. The van der Waals surface area contributed by atoms with Crippen molar-refractivity contribution in [2.24, 2.45) is 0 Å². The van der Waals surface area contributed by atoms with Crippen LogP contribution in [0.25, 0.3) is 0 Å². The zero-order chi connectivity index (χ0) is 20.8. The Kier molecular flexibility index (Phi) is 8.28. The van der Waals surface area contributed by atoms with Gasteiger partial charge in [0, 0.05) is 16.9 Å². The average molecular weight is 465 g/mol. The summed E-state index contributed by atoms with van der Waals surface area (Å²) in [4.78, 5) is 4.25. The highest BCUT2D eigenvalue weighted by Crippen LogP contribution is 2.38. The van der Waals surface area contributed by atoms with Crippen LogP contribution in [-0.4, -0.2) is 25.5 Å². The van der Waals surface area contributed by atoms with Crippen LogP contribution in [0.5, 0.6) is 5.75 Å². The van der Waals surface area contributed by atoms with Crippen molar-refractivity contribution in [3.05, 3.63) is 58.8 Å². The van der Waals surface area contributed by atoms with Crippen molar-refractivity contribution in [1.29, 1.82) is 0 Å². The van der Waals surface area contributed by atoms with Crippen LogP contribution in [0.15, 0.2) is 53.3 Å². The van der Waals surface area contributed by atoms with Gasteiger partial charge >= 0.3 is 0 Å². The topological polar surface area (TPSA) is 31.4 Å². The number of ether oxygens (including phenoxy) is 1. The molecule has 0 aliphatic heterocycles. The van der Waals surface area contributed by atoms with Crippen LogP contribution in [-0.2, 0) is 10.8 Å². The number of nitrogens with zero attached hydrogens (tertiary/aromatic N) is 1. The smallest absolute Gasteiger partial charge is 0.192 e. The molecule has 0 saturated carbocycles. The number of hydrogen-bond acceptors (Lipinski definition) is 3. The van der Waals surface area contributed by atoms with Gasteiger partial charge in [0.1, 0.15) is 11.9 Å². The second-order valence-corrected chi connectivity index (χ2v) is 14.5. The first-order chi connectivity index (χ1) is 13.1. The van der Waals surface area contributed by atoms with Crippen LogP contribution >= 0.6 is 15.9 Å². The number of benzene rings is 1. The van der Waals surface area contributed by atoms with E-state index in [0.29, 0.717) is 0 Å². The summed E-state index contributed by atoms with van der Waals surface area (Å²) >= 11 is 3.49. The summed E-state index contributed by atoms with van der Waals surface area (Å²) in [7, 11) is -1.91. The maximum absolute atomic E-state index is 6.86. The fraction of sp³-hybridized carbons (Fsp3) is 0.522. The number of pyridine rings is 1. The molecule has 1 aromatic heterocycles. The zero-order valence-corrected chi connectivity index (χ0v) is 20.6. The van der Waals surface area contributed by atoms with Gasteiger partial charge in [0.25, 0.3) is 0 Å². The van der Waals surface area contributed by atoms with Crippen LogP contribution in [0.2, 0.25) is 18.1 Å². The van der Waals surface area contributed by atoms with E-state index in [-0.39, 0.29) is 17.2 Å². The van der Waals surface area contributed by atoms with Crippen LogP contribution in [0.1, 0.15) is 46.1 Å². The number of hydrogen-bond donors (Lipinski definition) is 0. The van der Waals surface area contributed by atoms with Gasteiger partial charge in [-0.2, -0.15) is 0 Å². The summed E-state index contributed by atoms with van der Waals surface area (Å²) < 4.78 is 14.3. The number of aryl methyl sites for hydroxylation is 1. The standard InChI is InChI=1S/C23H34BrNO2Si/c1-7-21(26-20-13-11-19(24)12-14-20)22(27-28(5,6)23(2,3)4)15-10-18-9-8-16-25-17-18/h8-9,11-14,16-17,21-22H,7,10,15H2,1-6H3. The molecule has 2 unspecified atom stereocenters. The molecule has 0 amide bonds. The predicted molar refractivity (Wildman–Crippen MR) is 123 cm³/mol. The van der Waals surface area contributed by atoms with E-state index in [1.54, 1.807) is 0 Å². The van der Waals surface area contributed by atoms with Gasteiger partial charge in [0.05, 0.1) is 6.10 Å². The third-order valence-electron chi connectivity index (χ3n) is 5.61. The molecule has 0 saturated heterocycles. The number of rotatable bonds is 9. The van der Waals surface area contributed by atoms with Crippen LogP contribution in [0.4, 0.5) is 0 Å². The van der Waals surface area contributed by atoms with Crippen LogP contribution in [0.3, 0.4) is 0 Å². The quantitative estimate of drug-likeness (QED) is 0.374. The lowest BCUT2D eigenvalue weighted by molar-refractivity contribution is 0.0369. The molecule has 0 N–H and O–H groups in total. The molecule has 0 bridgehead atoms. The average Bonchev–Trinajstić information content (AvgIpc) is 2.64. The molecule has 2 aromatic rings. The van der Waals surface area contributed by atoms with Crippen LogP contribution < -0.4 is 4.74 Å². The largest absolute Gasteiger partial charge is 0.488 e. The van der Waals surface area contributed by atoms with E-state index in [1.807, 2.05) is 42.7 Å². The first kappa shape index (κ1) is 23.1. The van der Waals surface area contributed by atoms with E-state index in [1.165, 1.54) is 5.56 Å². The highest BCUT2D eigenvalue weighted by atomic mass is 79.9. The van der Waals surface area contributed by atoms with Gasteiger partial charge in [-0.05, 0) is 73.3 Å². The molecule has 0 fully saturated rings. The minimum Gasteiger partial charge on any atom is -0.488 e. The van der Waals surface area contributed by atoms with Crippen molar-refractivity contribution in [2.75, 3.05) is 0 Å². The molecule has 0 aliphatic rings. The zero-order valence-electron chi connectivity index (χ0n) is 18.0. The Morgan fingerprint density at radius 2 is 1.75 bits per heavy atom. The summed E-state index contributed by atoms with van der Waals surface area (Å²) in [6.45, 7) is 13.7. The Bertz CT molecular complexity index is 714. The SMILES string of the molecule is CCC(Oc1ccc(Br)cc1)C(CCc1cccnc1)O[Si](C)(C)C(C)(C)C. The molecule has 1 aromatic carbocycles. The van der Waals surface area contributed by atoms with E-state index in [4.69, 9.17) is 9.16 Å². The van der Waals surface area contributed by atoms with Gasteiger partial charge in [-0.15, -0.1) is 0 Å². The molecule has 0 spiro atoms. The molecule has 2 rings (SSSR count). The van der Waals surface area contributed by atoms with Gasteiger partial charge < -0.3 is 9.16 Å². The molecule has 28 heavy (non-hydrogen) atoms. The van der Waals surface area contributed by atoms with E-state index >= 15 is 0 Å². The molecular formula is C23H34BrNO2Si. The maximum Gasteiger partial charge on any atom is 0.192 e. The fourth-order valence-corrected chi connectivity index (χ4v) is 4.49. The van der Waals surface area contributed by atoms with E-state index < -0.39 is 8.32 Å². The van der Waals surface area contributed by atoms with Gasteiger partial charge in [0.15, 0.2) is 8.32 Å². The van der Waals surface area contributed by atoms with Crippen molar-refractivity contribution in [1.82, 2.24) is 4.98 Å². The van der Waals surface area contributed by atoms with Crippen molar-refractivity contribution in [2.45, 2.75) is 77.3 Å². The summed E-state index contributed by atoms with van der Waals surface area (Å²) in [6.07, 6.45) is 6.60. The second kappa shape index (κ2) is 10.0. The van der Waals surface area contributed by atoms with E-state index in [9.17, 15) is 0 Å². The van der Waals surface area contributed by atoms with Gasteiger partial charge in [0.2, 0.25) is 0 Å². The van der Waals surface area contributed by atoms with Crippen molar-refractivity contribution >= 4 is 24.2 Å². The Balaban J connectivity index is 2.19.